The molecule has 2 aliphatic rings. The molecule has 0 bridgehead atoms. The average Bonchev–Trinajstić information content (AvgIpc) is 2.68. The lowest BCUT2D eigenvalue weighted by atomic mass is 9.90. The van der Waals surface area contributed by atoms with Gasteiger partial charge in [0.2, 0.25) is 0 Å². The quantitative estimate of drug-likeness (QED) is 0.794. The van der Waals surface area contributed by atoms with Gasteiger partial charge in [-0.2, -0.15) is 0 Å². The zero-order valence-electron chi connectivity index (χ0n) is 11.3. The second-order valence-electron chi connectivity index (χ2n) is 5.42. The van der Waals surface area contributed by atoms with Crippen molar-refractivity contribution in [1.82, 2.24) is 15.5 Å². The first-order valence-electron chi connectivity index (χ1n) is 6.81. The van der Waals surface area contributed by atoms with Crippen LogP contribution >= 0.6 is 15.9 Å². The van der Waals surface area contributed by atoms with Gasteiger partial charge in [-0.25, -0.2) is 9.18 Å². The van der Waals surface area contributed by atoms with Crippen molar-refractivity contribution in [3.63, 3.8) is 0 Å². The molecule has 1 atom stereocenters. The number of piperidine rings is 1. The predicted octanol–water partition coefficient (Wildman–Crippen LogP) is 1.76. The van der Waals surface area contributed by atoms with E-state index in [1.54, 1.807) is 6.07 Å². The van der Waals surface area contributed by atoms with E-state index in [-0.39, 0.29) is 12.5 Å². The third-order valence-electron chi connectivity index (χ3n) is 3.97. The van der Waals surface area contributed by atoms with Gasteiger partial charge < -0.3 is 10.6 Å². The lowest BCUT2D eigenvalue weighted by Crippen LogP contribution is -2.57. The summed E-state index contributed by atoms with van der Waals surface area (Å²) < 4.78 is 14.0. The molecule has 0 saturated carbocycles. The fraction of sp³-hybridized carbons (Fsp3) is 0.429. The number of benzene rings is 1. The average molecular weight is 356 g/mol. The molecule has 1 aromatic rings. The van der Waals surface area contributed by atoms with E-state index < -0.39 is 17.4 Å². The molecule has 3 amide bonds. The molecule has 0 radical (unpaired) electrons. The summed E-state index contributed by atoms with van der Waals surface area (Å²) in [7, 11) is 0. The molecular weight excluding hydrogens is 341 g/mol. The van der Waals surface area contributed by atoms with Gasteiger partial charge in [0.15, 0.2) is 0 Å². The summed E-state index contributed by atoms with van der Waals surface area (Å²) in [5.41, 5.74) is -0.269. The molecule has 2 fully saturated rings. The lowest BCUT2D eigenvalue weighted by molar-refractivity contribution is -0.132. The van der Waals surface area contributed by atoms with Crippen LogP contribution in [-0.2, 0) is 11.3 Å². The van der Waals surface area contributed by atoms with Gasteiger partial charge in [0.05, 0.1) is 6.54 Å². The minimum Gasteiger partial charge on any atom is -0.322 e. The molecule has 2 N–H and O–H groups in total. The minimum atomic E-state index is -0.838. The van der Waals surface area contributed by atoms with Crippen molar-refractivity contribution < 1.29 is 14.0 Å². The minimum absolute atomic E-state index is 0.0603. The molecule has 0 aliphatic carbocycles. The van der Waals surface area contributed by atoms with Gasteiger partial charge in [-0.15, -0.1) is 0 Å². The summed E-state index contributed by atoms with van der Waals surface area (Å²) in [6.45, 7) is 1.35. The van der Waals surface area contributed by atoms with Gasteiger partial charge in [0.1, 0.15) is 11.4 Å². The molecule has 2 saturated heterocycles. The molecule has 2 aliphatic heterocycles. The fourth-order valence-electron chi connectivity index (χ4n) is 2.85. The van der Waals surface area contributed by atoms with Gasteiger partial charge >= 0.3 is 6.03 Å². The summed E-state index contributed by atoms with van der Waals surface area (Å²) in [4.78, 5) is 25.9. The van der Waals surface area contributed by atoms with Crippen molar-refractivity contribution in [2.75, 3.05) is 13.1 Å². The van der Waals surface area contributed by atoms with Crippen LogP contribution in [0.3, 0.4) is 0 Å². The van der Waals surface area contributed by atoms with Gasteiger partial charge in [-0.1, -0.05) is 15.9 Å². The molecule has 1 spiro atoms. The van der Waals surface area contributed by atoms with Crippen molar-refractivity contribution in [3.8, 4) is 0 Å². The van der Waals surface area contributed by atoms with Crippen molar-refractivity contribution in [1.29, 1.82) is 0 Å². The van der Waals surface area contributed by atoms with E-state index in [1.807, 2.05) is 0 Å². The Morgan fingerprint density at radius 3 is 2.90 bits per heavy atom. The zero-order valence-corrected chi connectivity index (χ0v) is 12.9. The Balaban J connectivity index is 1.84. The molecule has 1 unspecified atom stereocenters. The molecule has 5 nitrogen and oxygen atoms in total. The van der Waals surface area contributed by atoms with Gasteiger partial charge in [-0.05, 0) is 43.1 Å². The molecule has 7 heteroatoms. The third-order valence-corrected chi connectivity index (χ3v) is 4.74. The number of carbonyl (C=O) groups is 2. The van der Waals surface area contributed by atoms with Crippen LogP contribution in [0.2, 0.25) is 0 Å². The Morgan fingerprint density at radius 2 is 2.19 bits per heavy atom. The summed E-state index contributed by atoms with van der Waals surface area (Å²) in [5.74, 6) is -0.634. The number of carbonyl (C=O) groups excluding carboxylic acids is 2. The highest BCUT2D eigenvalue weighted by atomic mass is 79.9. The summed E-state index contributed by atoms with van der Waals surface area (Å²) in [5, 5.41) is 5.93. The third kappa shape index (κ3) is 2.55. The molecular formula is C14H15BrFN3O2. The highest BCUT2D eigenvalue weighted by Crippen LogP contribution is 2.28. The van der Waals surface area contributed by atoms with Crippen molar-refractivity contribution in [3.05, 3.63) is 34.1 Å². The Labute approximate surface area is 130 Å². The monoisotopic (exact) mass is 355 g/mol. The molecule has 3 rings (SSSR count). The van der Waals surface area contributed by atoms with E-state index >= 15 is 0 Å². The van der Waals surface area contributed by atoms with Crippen molar-refractivity contribution >= 4 is 27.9 Å². The highest BCUT2D eigenvalue weighted by molar-refractivity contribution is 9.10. The zero-order chi connectivity index (χ0) is 15.0. The highest BCUT2D eigenvalue weighted by Gasteiger charge is 2.51. The van der Waals surface area contributed by atoms with E-state index in [0.29, 0.717) is 23.0 Å². The standard InChI is InChI=1S/C14H15BrFN3O2/c15-11-3-2-10(16)6-9(11)7-19-12(20)14(18-13(19)21)4-1-5-17-8-14/h2-3,6,17H,1,4-5,7-8H2,(H,18,21). The predicted molar refractivity (Wildman–Crippen MR) is 78.0 cm³/mol. The van der Waals surface area contributed by atoms with Crippen LogP contribution < -0.4 is 10.6 Å². The molecule has 112 valence electrons. The molecule has 1 aromatic carbocycles. The van der Waals surface area contributed by atoms with E-state index in [4.69, 9.17) is 0 Å². The second-order valence-corrected chi connectivity index (χ2v) is 6.27. The number of imide groups is 1. The largest absolute Gasteiger partial charge is 0.325 e. The molecule has 21 heavy (non-hydrogen) atoms. The van der Waals surface area contributed by atoms with Crippen LogP contribution in [0, 0.1) is 5.82 Å². The number of amides is 3. The topological polar surface area (TPSA) is 61.4 Å². The summed E-state index contributed by atoms with van der Waals surface area (Å²) in [6.07, 6.45) is 1.47. The first-order chi connectivity index (χ1) is 10.0. The summed E-state index contributed by atoms with van der Waals surface area (Å²) >= 11 is 3.32. The van der Waals surface area contributed by atoms with Gasteiger partial charge in [0, 0.05) is 11.0 Å². The SMILES string of the molecule is O=C1NC2(CCCNC2)C(=O)N1Cc1cc(F)ccc1Br. The summed E-state index contributed by atoms with van der Waals surface area (Å²) in [6, 6.07) is 3.81. The normalized spacial score (nSPS) is 25.5. The van der Waals surface area contributed by atoms with Crippen LogP contribution in [0.25, 0.3) is 0 Å². The maximum atomic E-state index is 13.3. The number of halogens is 2. The lowest BCUT2D eigenvalue weighted by Gasteiger charge is -2.31. The van der Waals surface area contributed by atoms with Gasteiger partial charge in [-0.3, -0.25) is 9.69 Å². The number of nitrogens with zero attached hydrogens (tertiary/aromatic N) is 1. The maximum absolute atomic E-state index is 13.3. The smallest absolute Gasteiger partial charge is 0.322 e. The number of hydrogen-bond donors (Lipinski definition) is 2. The number of hydrogen-bond acceptors (Lipinski definition) is 3. The number of rotatable bonds is 2. The fourth-order valence-corrected chi connectivity index (χ4v) is 3.22. The number of nitrogens with one attached hydrogen (secondary N) is 2. The maximum Gasteiger partial charge on any atom is 0.325 e. The van der Waals surface area contributed by atoms with Crippen molar-refractivity contribution in [2.24, 2.45) is 0 Å². The van der Waals surface area contributed by atoms with Gasteiger partial charge in [0.25, 0.3) is 5.91 Å². The van der Waals surface area contributed by atoms with Crippen LogP contribution in [0.5, 0.6) is 0 Å². The first kappa shape index (κ1) is 14.5. The Morgan fingerprint density at radius 1 is 1.38 bits per heavy atom. The Kier molecular flexibility index (Phi) is 3.71. The van der Waals surface area contributed by atoms with Crippen LogP contribution in [0.15, 0.2) is 22.7 Å². The van der Waals surface area contributed by atoms with Crippen LogP contribution in [0.4, 0.5) is 9.18 Å². The van der Waals surface area contributed by atoms with Crippen LogP contribution in [-0.4, -0.2) is 35.5 Å². The van der Waals surface area contributed by atoms with E-state index in [2.05, 4.69) is 26.6 Å². The second kappa shape index (κ2) is 5.38. The van der Waals surface area contributed by atoms with Crippen molar-refractivity contribution in [2.45, 2.75) is 24.9 Å². The van der Waals surface area contributed by atoms with E-state index in [1.165, 1.54) is 12.1 Å². The molecule has 0 aromatic heterocycles. The van der Waals surface area contributed by atoms with E-state index in [9.17, 15) is 14.0 Å². The first-order valence-corrected chi connectivity index (χ1v) is 7.60. The Bertz CT molecular complexity index is 602. The van der Waals surface area contributed by atoms with Crippen LogP contribution in [0.1, 0.15) is 18.4 Å². The number of urea groups is 1. The van der Waals surface area contributed by atoms with E-state index in [0.717, 1.165) is 17.9 Å². The Hall–Kier alpha value is -1.47. The molecule has 2 heterocycles.